The van der Waals surface area contributed by atoms with Crippen LogP contribution in [0.1, 0.15) is 51.9 Å². The van der Waals surface area contributed by atoms with Crippen molar-refractivity contribution in [2.24, 2.45) is 0 Å². The van der Waals surface area contributed by atoms with Crippen LogP contribution in [-0.2, 0) is 26.3 Å². The minimum Gasteiger partial charge on any atom is -0.457 e. The van der Waals surface area contributed by atoms with Crippen LogP contribution >= 0.6 is 0 Å². The summed E-state index contributed by atoms with van der Waals surface area (Å²) in [6, 6.07) is 2.63. The molecule has 0 radical (unpaired) electrons. The van der Waals surface area contributed by atoms with Gasteiger partial charge in [-0.2, -0.15) is 13.2 Å². The van der Waals surface area contributed by atoms with Gasteiger partial charge in [-0.1, -0.05) is 0 Å². The number of nitrogen functional groups attached to an aromatic ring is 1. The number of fused-ring (bicyclic) bond motifs is 1. The Bertz CT molecular complexity index is 1290. The number of carbonyl (C=O) groups is 1. The molecule has 0 unspecified atom stereocenters. The number of ether oxygens (including phenoxy) is 2. The molecule has 0 aromatic carbocycles. The fraction of sp³-hybridized carbons (Fsp3) is 0.577. The molecule has 2 aliphatic heterocycles. The van der Waals surface area contributed by atoms with Crippen LogP contribution in [0.5, 0.6) is 0 Å². The summed E-state index contributed by atoms with van der Waals surface area (Å²) in [4.78, 5) is 31.4. The first kappa shape index (κ1) is 27.9. The van der Waals surface area contributed by atoms with E-state index in [1.54, 1.807) is 26.1 Å². The van der Waals surface area contributed by atoms with Crippen molar-refractivity contribution in [1.29, 1.82) is 5.41 Å². The van der Waals surface area contributed by atoms with Gasteiger partial charge in [-0.05, 0) is 52.7 Å². The molecule has 40 heavy (non-hydrogen) atoms. The Labute approximate surface area is 230 Å². The van der Waals surface area contributed by atoms with E-state index in [1.165, 1.54) is 4.90 Å². The van der Waals surface area contributed by atoms with E-state index in [-0.39, 0.29) is 48.2 Å². The molecule has 2 aromatic rings. The number of nitrogens with one attached hydrogen (secondary N) is 1. The summed E-state index contributed by atoms with van der Waals surface area (Å²) in [6.45, 7) is 7.19. The van der Waals surface area contributed by atoms with Gasteiger partial charge in [0, 0.05) is 19.1 Å². The highest BCUT2D eigenvalue weighted by molar-refractivity contribution is 6.12. The average Bonchev–Trinajstić information content (AvgIpc) is 3.67. The Hall–Kier alpha value is -3.68. The van der Waals surface area contributed by atoms with E-state index >= 15 is 0 Å². The standard InChI is InChI=1S/C26H33F3N8O3/c1-14-10-35(11-15(2)40-14)19-8-7-17(9-32-19)37-22-20(25(3,4)23(37)38)21(30)33-18(34-22)12-39-24(31)36(16-5-6-16)13-26(27,28)29/h7-9,14-16,31H,5-6,10-13H2,1-4H3,(H2,30,33,34)/t14-,15+. The summed E-state index contributed by atoms with van der Waals surface area (Å²) in [5.41, 5.74) is 6.16. The molecule has 216 valence electrons. The molecule has 14 heteroatoms. The van der Waals surface area contributed by atoms with Gasteiger partial charge in [0.05, 0.1) is 35.1 Å². The molecule has 1 saturated heterocycles. The van der Waals surface area contributed by atoms with Gasteiger partial charge in [0.2, 0.25) is 5.91 Å². The quantitative estimate of drug-likeness (QED) is 0.401. The van der Waals surface area contributed by atoms with Gasteiger partial charge in [-0.25, -0.2) is 15.0 Å². The number of amidine groups is 1. The second kappa shape index (κ2) is 10.1. The molecule has 1 saturated carbocycles. The number of halogens is 3. The number of carbonyl (C=O) groups excluding carboxylic acids is 1. The molecule has 0 bridgehead atoms. The number of hydrogen-bond acceptors (Lipinski definition) is 9. The zero-order valence-electron chi connectivity index (χ0n) is 22.8. The molecule has 5 rings (SSSR count). The average molecular weight is 563 g/mol. The van der Waals surface area contributed by atoms with Crippen LogP contribution in [0.25, 0.3) is 0 Å². The molecule has 4 heterocycles. The topological polar surface area (TPSA) is 134 Å². The van der Waals surface area contributed by atoms with Crippen molar-refractivity contribution in [3.05, 3.63) is 29.7 Å². The Morgan fingerprint density at radius 1 is 1.23 bits per heavy atom. The first-order valence-corrected chi connectivity index (χ1v) is 13.2. The lowest BCUT2D eigenvalue weighted by Crippen LogP contribution is -2.45. The van der Waals surface area contributed by atoms with Crippen molar-refractivity contribution in [3.63, 3.8) is 0 Å². The lowest BCUT2D eigenvalue weighted by Gasteiger charge is -2.36. The number of hydrogen-bond donors (Lipinski definition) is 2. The number of morpholine rings is 1. The zero-order valence-corrected chi connectivity index (χ0v) is 22.8. The summed E-state index contributed by atoms with van der Waals surface area (Å²) in [7, 11) is 0. The molecule has 3 N–H and O–H groups in total. The normalized spacial score (nSPS) is 22.3. The van der Waals surface area contributed by atoms with Crippen LogP contribution in [0.4, 0.5) is 36.3 Å². The minimum absolute atomic E-state index is 0.0418. The number of anilines is 4. The zero-order chi connectivity index (χ0) is 29.0. The van der Waals surface area contributed by atoms with Crippen molar-refractivity contribution in [2.45, 2.75) is 77.0 Å². The second-order valence-corrected chi connectivity index (χ2v) is 11.1. The predicted octanol–water partition coefficient (Wildman–Crippen LogP) is 3.50. The van der Waals surface area contributed by atoms with Crippen LogP contribution in [0, 0.1) is 5.41 Å². The second-order valence-electron chi connectivity index (χ2n) is 11.1. The highest BCUT2D eigenvalue weighted by atomic mass is 19.4. The number of alkyl halides is 3. The maximum Gasteiger partial charge on any atom is 0.406 e. The summed E-state index contributed by atoms with van der Waals surface area (Å²) < 4.78 is 50.2. The van der Waals surface area contributed by atoms with Gasteiger partial charge in [-0.15, -0.1) is 0 Å². The van der Waals surface area contributed by atoms with E-state index in [0.29, 0.717) is 37.2 Å². The lowest BCUT2D eigenvalue weighted by molar-refractivity contribution is -0.141. The molecule has 1 aliphatic carbocycles. The van der Waals surface area contributed by atoms with E-state index < -0.39 is 24.2 Å². The summed E-state index contributed by atoms with van der Waals surface area (Å²) in [5.74, 6) is 0.838. The molecular weight excluding hydrogens is 529 g/mol. The van der Waals surface area contributed by atoms with Gasteiger partial charge < -0.3 is 25.0 Å². The summed E-state index contributed by atoms with van der Waals surface area (Å²) in [5, 5.41) is 8.08. The molecule has 1 amide bonds. The number of nitrogens with two attached hydrogens (primary N) is 1. The maximum atomic E-state index is 13.6. The van der Waals surface area contributed by atoms with E-state index in [0.717, 1.165) is 10.7 Å². The number of amides is 1. The van der Waals surface area contributed by atoms with E-state index in [4.69, 9.17) is 20.6 Å². The molecular formula is C26H33F3N8O3. The Morgan fingerprint density at radius 2 is 1.90 bits per heavy atom. The van der Waals surface area contributed by atoms with Crippen molar-refractivity contribution < 1.29 is 27.4 Å². The third kappa shape index (κ3) is 5.49. The Morgan fingerprint density at radius 3 is 2.48 bits per heavy atom. The number of aromatic nitrogens is 3. The molecule has 0 spiro atoms. The number of pyridine rings is 1. The van der Waals surface area contributed by atoms with Crippen LogP contribution in [0.2, 0.25) is 0 Å². The Kier molecular flexibility index (Phi) is 7.01. The van der Waals surface area contributed by atoms with Crippen LogP contribution < -0.4 is 15.5 Å². The van der Waals surface area contributed by atoms with E-state index in [1.807, 2.05) is 19.9 Å². The highest BCUT2D eigenvalue weighted by Gasteiger charge is 2.48. The fourth-order valence-corrected chi connectivity index (χ4v) is 5.29. The molecule has 3 aliphatic rings. The SMILES string of the molecule is C[C@@H]1CN(c2ccc(N3C(=O)C(C)(C)c4c(N)nc(COC(=N)N(CC(F)(F)F)C5CC5)nc43)cn2)C[C@H](C)O1. The highest BCUT2D eigenvalue weighted by Crippen LogP contribution is 2.46. The largest absolute Gasteiger partial charge is 0.457 e. The smallest absolute Gasteiger partial charge is 0.406 e. The lowest BCUT2D eigenvalue weighted by atomic mass is 9.87. The van der Waals surface area contributed by atoms with Gasteiger partial charge in [-0.3, -0.25) is 15.1 Å². The first-order valence-electron chi connectivity index (χ1n) is 13.2. The minimum atomic E-state index is -4.47. The van der Waals surface area contributed by atoms with Crippen molar-refractivity contribution in [1.82, 2.24) is 19.9 Å². The summed E-state index contributed by atoms with van der Waals surface area (Å²) >= 11 is 0. The third-order valence-corrected chi connectivity index (χ3v) is 7.21. The van der Waals surface area contributed by atoms with Crippen LogP contribution in [0.3, 0.4) is 0 Å². The summed E-state index contributed by atoms with van der Waals surface area (Å²) in [6.07, 6.45) is -1.63. The van der Waals surface area contributed by atoms with Crippen molar-refractivity contribution >= 4 is 35.1 Å². The van der Waals surface area contributed by atoms with E-state index in [2.05, 4.69) is 19.9 Å². The molecule has 11 nitrogen and oxygen atoms in total. The van der Waals surface area contributed by atoms with Gasteiger partial charge in [0.15, 0.2) is 12.4 Å². The van der Waals surface area contributed by atoms with Crippen molar-refractivity contribution in [2.75, 3.05) is 35.2 Å². The molecule has 2 atom stereocenters. The third-order valence-electron chi connectivity index (χ3n) is 7.21. The van der Waals surface area contributed by atoms with Crippen LogP contribution in [-0.4, -0.2) is 75.8 Å². The molecule has 2 aromatic heterocycles. The van der Waals surface area contributed by atoms with Gasteiger partial charge in [0.1, 0.15) is 24.0 Å². The number of rotatable bonds is 6. The van der Waals surface area contributed by atoms with E-state index in [9.17, 15) is 18.0 Å². The van der Waals surface area contributed by atoms with Gasteiger partial charge >= 0.3 is 6.18 Å². The predicted molar refractivity (Wildman–Crippen MR) is 141 cm³/mol. The van der Waals surface area contributed by atoms with Crippen molar-refractivity contribution in [3.8, 4) is 0 Å². The monoisotopic (exact) mass is 562 g/mol. The maximum absolute atomic E-state index is 13.6. The number of nitrogens with zero attached hydrogens (tertiary/aromatic N) is 6. The Balaban J connectivity index is 1.38. The molecule has 2 fully saturated rings. The first-order chi connectivity index (χ1) is 18.7. The van der Waals surface area contributed by atoms with Gasteiger partial charge in [0.25, 0.3) is 6.02 Å². The van der Waals surface area contributed by atoms with Crippen LogP contribution in [0.15, 0.2) is 18.3 Å². The fourth-order valence-electron chi connectivity index (χ4n) is 5.29.